The minimum atomic E-state index is -0.596. The molecule has 1 amide bonds. The van der Waals surface area contributed by atoms with Crippen LogP contribution in [-0.4, -0.2) is 16.9 Å². The van der Waals surface area contributed by atoms with Crippen molar-refractivity contribution in [3.8, 4) is 0 Å². The van der Waals surface area contributed by atoms with Gasteiger partial charge < -0.3 is 11.1 Å². The van der Waals surface area contributed by atoms with Gasteiger partial charge >= 0.3 is 0 Å². The van der Waals surface area contributed by atoms with E-state index in [9.17, 15) is 14.9 Å². The predicted octanol–water partition coefficient (Wildman–Crippen LogP) is 2.21. The molecule has 1 atom stereocenters. The number of hydrogen-bond donors (Lipinski definition) is 2. The number of nitro benzene ring substituents is 1. The molecule has 0 aromatic heterocycles. The molecule has 0 aliphatic heterocycles. The number of hydrogen-bond acceptors (Lipinski definition) is 4. The maximum atomic E-state index is 11.1. The number of allylic oxidation sites excluding steroid dienone is 1. The van der Waals surface area contributed by atoms with Gasteiger partial charge in [-0.15, -0.1) is 0 Å². The Balaban J connectivity index is 2.29. The van der Waals surface area contributed by atoms with E-state index in [1.54, 1.807) is 0 Å². The number of nitro groups is 1. The number of benzene rings is 1. The molecule has 1 aliphatic carbocycles. The van der Waals surface area contributed by atoms with Crippen molar-refractivity contribution in [3.63, 3.8) is 0 Å². The summed E-state index contributed by atoms with van der Waals surface area (Å²) in [7, 11) is 0. The van der Waals surface area contributed by atoms with Crippen molar-refractivity contribution in [3.05, 3.63) is 46.0 Å². The van der Waals surface area contributed by atoms with Crippen LogP contribution in [0, 0.1) is 10.1 Å². The summed E-state index contributed by atoms with van der Waals surface area (Å²) >= 11 is 0. The zero-order valence-electron chi connectivity index (χ0n) is 10.3. The summed E-state index contributed by atoms with van der Waals surface area (Å²) in [5, 5.41) is 14.1. The number of nitrogens with one attached hydrogen (secondary N) is 1. The van der Waals surface area contributed by atoms with Crippen LogP contribution in [0.1, 0.15) is 29.6 Å². The number of carbonyl (C=O) groups excluding carboxylic acids is 1. The summed E-state index contributed by atoms with van der Waals surface area (Å²) in [6, 6.07) is 4.26. The van der Waals surface area contributed by atoms with Crippen molar-refractivity contribution in [2.75, 3.05) is 5.32 Å². The fourth-order valence-corrected chi connectivity index (χ4v) is 2.11. The monoisotopic (exact) mass is 261 g/mol. The minimum absolute atomic E-state index is 0.0421. The van der Waals surface area contributed by atoms with Crippen LogP contribution in [0.2, 0.25) is 0 Å². The van der Waals surface area contributed by atoms with E-state index >= 15 is 0 Å². The molecule has 2 rings (SSSR count). The smallest absolute Gasteiger partial charge is 0.292 e. The summed E-state index contributed by atoms with van der Waals surface area (Å²) in [5.41, 5.74) is 5.76. The third-order valence-corrected chi connectivity index (χ3v) is 3.11. The number of nitrogens with zero attached hydrogens (tertiary/aromatic N) is 1. The molecule has 6 nitrogen and oxygen atoms in total. The molecule has 6 heteroatoms. The standard InChI is InChI=1S/C13H15N3O3/c14-13(17)9-6-7-12(16(18)19)11(8-9)15-10-4-2-1-3-5-10/h1-2,6-8,10,15H,3-5H2,(H2,14,17). The van der Waals surface area contributed by atoms with Gasteiger partial charge in [-0.05, 0) is 31.4 Å². The van der Waals surface area contributed by atoms with Crippen LogP contribution in [0.4, 0.5) is 11.4 Å². The predicted molar refractivity (Wildman–Crippen MR) is 72.0 cm³/mol. The van der Waals surface area contributed by atoms with Crippen molar-refractivity contribution < 1.29 is 9.72 Å². The molecule has 100 valence electrons. The van der Waals surface area contributed by atoms with Crippen LogP contribution >= 0.6 is 0 Å². The highest BCUT2D eigenvalue weighted by Gasteiger charge is 2.19. The maximum absolute atomic E-state index is 11.1. The van der Waals surface area contributed by atoms with Crippen LogP contribution in [0.5, 0.6) is 0 Å². The SMILES string of the molecule is NC(=O)c1ccc([N+](=O)[O-])c(NC2CC=CCC2)c1. The molecule has 0 spiro atoms. The van der Waals surface area contributed by atoms with Gasteiger partial charge in [-0.1, -0.05) is 12.2 Å². The Bertz CT molecular complexity index is 540. The van der Waals surface area contributed by atoms with Gasteiger partial charge in [0.2, 0.25) is 5.91 Å². The van der Waals surface area contributed by atoms with E-state index in [1.807, 2.05) is 6.08 Å². The summed E-state index contributed by atoms with van der Waals surface area (Å²) in [6.45, 7) is 0. The molecule has 1 aromatic rings. The highest BCUT2D eigenvalue weighted by Crippen LogP contribution is 2.28. The molecule has 0 heterocycles. The van der Waals surface area contributed by atoms with Crippen LogP contribution in [0.3, 0.4) is 0 Å². The summed E-state index contributed by atoms with van der Waals surface area (Å²) in [6.07, 6.45) is 6.81. The lowest BCUT2D eigenvalue weighted by Crippen LogP contribution is -2.21. The molecule has 19 heavy (non-hydrogen) atoms. The van der Waals surface area contributed by atoms with E-state index in [0.29, 0.717) is 5.69 Å². The molecule has 0 radical (unpaired) electrons. The lowest BCUT2D eigenvalue weighted by atomic mass is 10.0. The first-order valence-corrected chi connectivity index (χ1v) is 6.07. The van der Waals surface area contributed by atoms with Crippen LogP contribution in [-0.2, 0) is 0 Å². The van der Waals surface area contributed by atoms with Gasteiger partial charge in [0.1, 0.15) is 5.69 Å². The normalized spacial score (nSPS) is 18.0. The molecule has 0 bridgehead atoms. The van der Waals surface area contributed by atoms with Crippen molar-refractivity contribution in [1.82, 2.24) is 0 Å². The first-order chi connectivity index (χ1) is 9.08. The molecule has 1 aromatic carbocycles. The van der Waals surface area contributed by atoms with Crippen molar-refractivity contribution in [1.29, 1.82) is 0 Å². The van der Waals surface area contributed by atoms with E-state index in [2.05, 4.69) is 11.4 Å². The second kappa shape index (κ2) is 5.51. The van der Waals surface area contributed by atoms with Gasteiger partial charge in [0.25, 0.3) is 5.69 Å². The molecular formula is C13H15N3O3. The average Bonchev–Trinajstić information content (AvgIpc) is 2.39. The number of amides is 1. The molecular weight excluding hydrogens is 246 g/mol. The molecule has 0 saturated carbocycles. The van der Waals surface area contributed by atoms with Gasteiger partial charge in [-0.2, -0.15) is 0 Å². The second-order valence-electron chi connectivity index (χ2n) is 4.48. The van der Waals surface area contributed by atoms with Gasteiger partial charge in [0.15, 0.2) is 0 Å². The molecule has 0 fully saturated rings. The number of primary amides is 1. The summed E-state index contributed by atoms with van der Waals surface area (Å²) in [5.74, 6) is -0.596. The molecule has 0 saturated heterocycles. The van der Waals surface area contributed by atoms with Crippen LogP contribution < -0.4 is 11.1 Å². The van der Waals surface area contributed by atoms with E-state index in [1.165, 1.54) is 18.2 Å². The zero-order chi connectivity index (χ0) is 13.8. The van der Waals surface area contributed by atoms with Crippen LogP contribution in [0.15, 0.2) is 30.4 Å². The number of anilines is 1. The molecule has 3 N–H and O–H groups in total. The highest BCUT2D eigenvalue weighted by atomic mass is 16.6. The van der Waals surface area contributed by atoms with Gasteiger partial charge in [0, 0.05) is 17.7 Å². The van der Waals surface area contributed by atoms with E-state index in [-0.39, 0.29) is 17.3 Å². The Kier molecular flexibility index (Phi) is 3.79. The van der Waals surface area contributed by atoms with Gasteiger partial charge in [-0.25, -0.2) is 0 Å². The summed E-state index contributed by atoms with van der Waals surface area (Å²) < 4.78 is 0. The van der Waals surface area contributed by atoms with Gasteiger partial charge in [0.05, 0.1) is 4.92 Å². The highest BCUT2D eigenvalue weighted by molar-refractivity contribution is 5.94. The first-order valence-electron chi connectivity index (χ1n) is 6.07. The Morgan fingerprint density at radius 2 is 2.21 bits per heavy atom. The van der Waals surface area contributed by atoms with E-state index < -0.39 is 10.8 Å². The Morgan fingerprint density at radius 1 is 1.42 bits per heavy atom. The quantitative estimate of drug-likeness (QED) is 0.493. The largest absolute Gasteiger partial charge is 0.376 e. The van der Waals surface area contributed by atoms with Gasteiger partial charge in [-0.3, -0.25) is 14.9 Å². The first kappa shape index (κ1) is 13.1. The van der Waals surface area contributed by atoms with Crippen LogP contribution in [0.25, 0.3) is 0 Å². The average molecular weight is 261 g/mol. The lowest BCUT2D eigenvalue weighted by Gasteiger charge is -2.20. The van der Waals surface area contributed by atoms with Crippen molar-refractivity contribution in [2.45, 2.75) is 25.3 Å². The fourth-order valence-electron chi connectivity index (χ4n) is 2.11. The zero-order valence-corrected chi connectivity index (χ0v) is 10.3. The van der Waals surface area contributed by atoms with Crippen molar-refractivity contribution >= 4 is 17.3 Å². The Hall–Kier alpha value is -2.37. The topological polar surface area (TPSA) is 98.3 Å². The number of carbonyl (C=O) groups is 1. The molecule has 1 aliphatic rings. The molecule has 1 unspecified atom stereocenters. The number of rotatable bonds is 4. The third-order valence-electron chi connectivity index (χ3n) is 3.11. The third kappa shape index (κ3) is 3.09. The lowest BCUT2D eigenvalue weighted by molar-refractivity contribution is -0.384. The van der Waals surface area contributed by atoms with Crippen molar-refractivity contribution in [2.24, 2.45) is 5.73 Å². The second-order valence-corrected chi connectivity index (χ2v) is 4.48. The van der Waals surface area contributed by atoms with E-state index in [4.69, 9.17) is 5.73 Å². The Labute approximate surface area is 110 Å². The van der Waals surface area contributed by atoms with E-state index in [0.717, 1.165) is 19.3 Å². The summed E-state index contributed by atoms with van der Waals surface area (Å²) in [4.78, 5) is 21.7. The fraction of sp³-hybridized carbons (Fsp3) is 0.308. The number of nitrogens with two attached hydrogens (primary N) is 1. The Morgan fingerprint density at radius 3 is 2.79 bits per heavy atom. The maximum Gasteiger partial charge on any atom is 0.292 e. The minimum Gasteiger partial charge on any atom is -0.376 e.